The number of amides is 1. The second-order valence-corrected chi connectivity index (χ2v) is 6.72. The number of hydrogen-bond acceptors (Lipinski definition) is 2. The fourth-order valence-corrected chi connectivity index (χ4v) is 3.02. The summed E-state index contributed by atoms with van der Waals surface area (Å²) >= 11 is 6.29. The van der Waals surface area contributed by atoms with E-state index in [1.54, 1.807) is 29.9 Å². The maximum Gasteiger partial charge on any atom is 0.275 e. The van der Waals surface area contributed by atoms with Crippen molar-refractivity contribution in [3.63, 3.8) is 0 Å². The number of pyridine rings is 1. The molecule has 0 aliphatic heterocycles. The molecular formula is C23H19ClFIN2O2. The number of carbonyl (C=O) groups excluding carboxylic acids is 2. The molecule has 0 bridgehead atoms. The fraction of sp³-hybridized carbons (Fsp3) is 0.0870. The molecule has 0 fully saturated rings. The van der Waals surface area contributed by atoms with Crippen LogP contribution in [0.3, 0.4) is 0 Å². The molecule has 0 aliphatic carbocycles. The standard InChI is InChI=1S/C23H18ClFN2O2.HI/c1-26-23(29)13-20(16-5-3-2-4-6-16)18-9-12-22(24)27(14-18)15-21(28)17-7-10-19(25)11-8-17;/h2-14H,15H2,1H3;1H. The highest BCUT2D eigenvalue weighted by Crippen LogP contribution is 2.23. The molecule has 0 spiro atoms. The number of Topliss-reactive ketones (excluding diaryl/α,β-unsaturated/α-hetero) is 1. The third-order valence-electron chi connectivity index (χ3n) is 4.37. The van der Waals surface area contributed by atoms with E-state index in [9.17, 15) is 14.0 Å². The van der Waals surface area contributed by atoms with Gasteiger partial charge in [0.2, 0.25) is 18.2 Å². The lowest BCUT2D eigenvalue weighted by molar-refractivity contribution is -0.681. The van der Waals surface area contributed by atoms with Crippen LogP contribution in [0.25, 0.3) is 5.57 Å². The molecule has 30 heavy (non-hydrogen) atoms. The van der Waals surface area contributed by atoms with Gasteiger partial charge in [-0.2, -0.15) is 4.57 Å². The Morgan fingerprint density at radius 3 is 2.23 bits per heavy atom. The molecule has 0 radical (unpaired) electrons. The molecule has 154 valence electrons. The number of nitrogens with one attached hydrogen (secondary N) is 1. The number of ketones is 1. The highest BCUT2D eigenvalue weighted by Gasteiger charge is 2.19. The Bertz CT molecular complexity index is 1070. The topological polar surface area (TPSA) is 50.1 Å². The zero-order chi connectivity index (χ0) is 20.8. The summed E-state index contributed by atoms with van der Waals surface area (Å²) in [4.78, 5) is 24.6. The van der Waals surface area contributed by atoms with Gasteiger partial charge in [0, 0.05) is 35.9 Å². The molecule has 1 heterocycles. The number of carbonyl (C=O) groups is 2. The Balaban J connectivity index is 0.00000320. The van der Waals surface area contributed by atoms with Gasteiger partial charge in [0.1, 0.15) is 5.82 Å². The van der Waals surface area contributed by atoms with E-state index < -0.39 is 5.82 Å². The molecule has 7 heteroatoms. The summed E-state index contributed by atoms with van der Waals surface area (Å²) in [6.45, 7) is -0.0135. The van der Waals surface area contributed by atoms with Crippen LogP contribution in [0.5, 0.6) is 0 Å². The lowest BCUT2D eigenvalue weighted by atomic mass is 9.98. The van der Waals surface area contributed by atoms with Gasteiger partial charge in [-0.15, -0.1) is 0 Å². The van der Waals surface area contributed by atoms with E-state index >= 15 is 0 Å². The fourth-order valence-electron chi connectivity index (χ4n) is 2.84. The van der Waals surface area contributed by atoms with Crippen LogP contribution in [0.1, 0.15) is 21.5 Å². The van der Waals surface area contributed by atoms with Crippen LogP contribution < -0.4 is 33.9 Å². The van der Waals surface area contributed by atoms with Crippen molar-refractivity contribution in [2.75, 3.05) is 7.05 Å². The first-order valence-corrected chi connectivity index (χ1v) is 9.32. The van der Waals surface area contributed by atoms with E-state index in [4.69, 9.17) is 11.6 Å². The molecule has 1 aromatic heterocycles. The van der Waals surface area contributed by atoms with Gasteiger partial charge in [-0.3, -0.25) is 9.59 Å². The van der Waals surface area contributed by atoms with Gasteiger partial charge in [0.15, 0.2) is 6.20 Å². The summed E-state index contributed by atoms with van der Waals surface area (Å²) in [5.41, 5.74) is 2.68. The number of aromatic nitrogens is 1. The van der Waals surface area contributed by atoms with Crippen molar-refractivity contribution in [2.45, 2.75) is 6.54 Å². The van der Waals surface area contributed by atoms with Crippen molar-refractivity contribution < 1.29 is 42.5 Å². The number of nitrogens with zero attached hydrogens (tertiary/aromatic N) is 1. The quantitative estimate of drug-likeness (QED) is 0.167. The van der Waals surface area contributed by atoms with E-state index in [2.05, 4.69) is 5.32 Å². The average Bonchev–Trinajstić information content (AvgIpc) is 2.74. The Kier molecular flexibility index (Phi) is 8.68. The summed E-state index contributed by atoms with van der Waals surface area (Å²) in [5.74, 6) is -0.848. The Morgan fingerprint density at radius 2 is 1.60 bits per heavy atom. The van der Waals surface area contributed by atoms with Crippen molar-refractivity contribution >= 4 is 28.9 Å². The SMILES string of the molecule is CNC(=O)C=C(c1ccccc1)c1ccc(Cl)[n+](CC(=O)c2ccc(F)cc2)c1.[I-]. The zero-order valence-corrected chi connectivity index (χ0v) is 19.0. The van der Waals surface area contributed by atoms with Crippen molar-refractivity contribution in [3.05, 3.63) is 107 Å². The second-order valence-electron chi connectivity index (χ2n) is 6.34. The molecule has 1 N–H and O–H groups in total. The first-order chi connectivity index (χ1) is 14.0. The van der Waals surface area contributed by atoms with Gasteiger partial charge < -0.3 is 29.3 Å². The van der Waals surface area contributed by atoms with Crippen LogP contribution in [0.2, 0.25) is 5.15 Å². The summed E-state index contributed by atoms with van der Waals surface area (Å²) in [7, 11) is 1.56. The summed E-state index contributed by atoms with van der Waals surface area (Å²) in [6.07, 6.45) is 3.23. The highest BCUT2D eigenvalue weighted by molar-refractivity contribution is 6.28. The van der Waals surface area contributed by atoms with Crippen LogP contribution in [0.4, 0.5) is 4.39 Å². The average molecular weight is 537 g/mol. The van der Waals surface area contributed by atoms with Crippen molar-refractivity contribution in [1.82, 2.24) is 5.32 Å². The van der Waals surface area contributed by atoms with E-state index in [1.807, 2.05) is 30.3 Å². The van der Waals surface area contributed by atoms with Crippen LogP contribution >= 0.6 is 11.6 Å². The molecule has 0 saturated carbocycles. The minimum absolute atomic E-state index is 0. The molecule has 3 aromatic rings. The Morgan fingerprint density at radius 1 is 0.967 bits per heavy atom. The third kappa shape index (κ3) is 5.96. The number of likely N-dealkylation sites (N-methyl/N-ethyl adjacent to an activating group) is 1. The van der Waals surface area contributed by atoms with E-state index in [1.165, 1.54) is 30.3 Å². The monoisotopic (exact) mass is 536 g/mol. The summed E-state index contributed by atoms with van der Waals surface area (Å²) in [6, 6.07) is 18.3. The molecule has 2 aromatic carbocycles. The van der Waals surface area contributed by atoms with Crippen LogP contribution in [0.15, 0.2) is 79.0 Å². The van der Waals surface area contributed by atoms with E-state index in [0.717, 1.165) is 11.1 Å². The molecule has 0 saturated heterocycles. The first-order valence-electron chi connectivity index (χ1n) is 8.95. The predicted octanol–water partition coefficient (Wildman–Crippen LogP) is 0.831. The minimum Gasteiger partial charge on any atom is -1.00 e. The Hall–Kier alpha value is -2.58. The van der Waals surface area contributed by atoms with E-state index in [-0.39, 0.29) is 42.2 Å². The summed E-state index contributed by atoms with van der Waals surface area (Å²) in [5, 5.41) is 2.96. The highest BCUT2D eigenvalue weighted by atomic mass is 127. The first kappa shape index (κ1) is 23.7. The molecule has 0 atom stereocenters. The van der Waals surface area contributed by atoms with Crippen LogP contribution in [0, 0.1) is 5.82 Å². The number of benzene rings is 2. The normalized spacial score (nSPS) is 10.8. The molecule has 1 amide bonds. The molecule has 0 aliphatic rings. The van der Waals surface area contributed by atoms with Crippen molar-refractivity contribution in [2.24, 2.45) is 0 Å². The van der Waals surface area contributed by atoms with Gasteiger partial charge in [-0.25, -0.2) is 4.39 Å². The molecule has 4 nitrogen and oxygen atoms in total. The van der Waals surface area contributed by atoms with Gasteiger partial charge in [0.05, 0.1) is 0 Å². The largest absolute Gasteiger partial charge is 1.00 e. The zero-order valence-electron chi connectivity index (χ0n) is 16.1. The van der Waals surface area contributed by atoms with Gasteiger partial charge in [0.25, 0.3) is 5.15 Å². The van der Waals surface area contributed by atoms with Crippen molar-refractivity contribution in [1.29, 1.82) is 0 Å². The van der Waals surface area contributed by atoms with Gasteiger partial charge in [-0.1, -0.05) is 30.3 Å². The maximum absolute atomic E-state index is 13.1. The number of rotatable bonds is 6. The number of halogens is 3. The van der Waals surface area contributed by atoms with E-state index in [0.29, 0.717) is 16.3 Å². The van der Waals surface area contributed by atoms with Crippen LogP contribution in [-0.4, -0.2) is 18.7 Å². The predicted molar refractivity (Wildman–Crippen MR) is 110 cm³/mol. The molecule has 3 rings (SSSR count). The maximum atomic E-state index is 13.1. The smallest absolute Gasteiger partial charge is 0.275 e. The summed E-state index contributed by atoms with van der Waals surface area (Å²) < 4.78 is 14.7. The third-order valence-corrected chi connectivity index (χ3v) is 4.71. The lowest BCUT2D eigenvalue weighted by Crippen LogP contribution is -3.00. The van der Waals surface area contributed by atoms with Crippen LogP contribution in [-0.2, 0) is 11.3 Å². The lowest BCUT2D eigenvalue weighted by Gasteiger charge is -2.08. The minimum atomic E-state index is -0.402. The van der Waals surface area contributed by atoms with Gasteiger partial charge in [-0.05, 0) is 47.5 Å². The Labute approximate surface area is 196 Å². The number of hydrogen-bond donors (Lipinski definition) is 1. The second kappa shape index (κ2) is 11.0. The van der Waals surface area contributed by atoms with Gasteiger partial charge >= 0.3 is 0 Å². The molecule has 0 unspecified atom stereocenters. The molecular weight excluding hydrogens is 518 g/mol. The van der Waals surface area contributed by atoms with Crippen molar-refractivity contribution in [3.8, 4) is 0 Å².